The van der Waals surface area contributed by atoms with Crippen LogP contribution in [-0.2, 0) is 9.59 Å². The number of halogens is 2. The molecule has 0 saturated heterocycles. The van der Waals surface area contributed by atoms with E-state index in [1.54, 1.807) is 11.3 Å². The summed E-state index contributed by atoms with van der Waals surface area (Å²) in [6.45, 7) is 12.0. The fraction of sp³-hybridized carbons (Fsp3) is 0.459. The molecule has 1 N–H and O–H groups in total. The Bertz CT molecular complexity index is 1780. The lowest BCUT2D eigenvalue weighted by atomic mass is 9.94. The van der Waals surface area contributed by atoms with Crippen molar-refractivity contribution in [1.82, 2.24) is 0 Å². The van der Waals surface area contributed by atoms with Crippen molar-refractivity contribution in [2.24, 2.45) is 0 Å². The topological polar surface area (TPSA) is 52.7 Å². The highest BCUT2D eigenvalue weighted by Crippen LogP contribution is 2.47. The van der Waals surface area contributed by atoms with Crippen LogP contribution in [0.3, 0.4) is 0 Å². The lowest BCUT2D eigenvalue weighted by Gasteiger charge is -2.26. The zero-order valence-electron chi connectivity index (χ0n) is 26.9. The Morgan fingerprint density at radius 1 is 0.844 bits per heavy atom. The molecule has 4 aromatic rings. The lowest BCUT2D eigenvalue weighted by Crippen LogP contribution is -2.30. The monoisotopic (exact) mass is 663 g/mol. The molecular weight excluding hydrogens is 621 g/mol. The molecule has 2 aliphatic rings. The van der Waals surface area contributed by atoms with Gasteiger partial charge in [-0.3, -0.25) is 9.59 Å². The van der Waals surface area contributed by atoms with Crippen molar-refractivity contribution in [3.05, 3.63) is 64.0 Å². The van der Waals surface area contributed by atoms with Crippen LogP contribution >= 0.6 is 34.5 Å². The summed E-state index contributed by atoms with van der Waals surface area (Å²) >= 11 is 14.7. The van der Waals surface area contributed by atoms with Crippen LogP contribution in [0.4, 0.5) is 17.1 Å². The normalized spacial score (nSPS) is 17.8. The molecule has 2 amide bonds. The van der Waals surface area contributed by atoms with Gasteiger partial charge in [0, 0.05) is 87.6 Å². The lowest BCUT2D eigenvalue weighted by molar-refractivity contribution is -0.119. The number of nitrogens with zero attached hydrogens (tertiary/aromatic N) is 2. The Morgan fingerprint density at radius 2 is 1.42 bits per heavy atom. The number of amides is 2. The summed E-state index contributed by atoms with van der Waals surface area (Å²) in [6, 6.07) is 12.7. The van der Waals surface area contributed by atoms with Crippen LogP contribution in [0.15, 0.2) is 41.8 Å². The Morgan fingerprint density at radius 3 is 2.02 bits per heavy atom. The number of benzene rings is 3. The van der Waals surface area contributed by atoms with E-state index in [9.17, 15) is 9.59 Å². The summed E-state index contributed by atoms with van der Waals surface area (Å²) in [4.78, 5) is 31.0. The zero-order valence-corrected chi connectivity index (χ0v) is 29.3. The molecular formula is C37H43Cl2N3O2S. The van der Waals surface area contributed by atoms with Crippen molar-refractivity contribution in [1.29, 1.82) is 0 Å². The molecule has 0 aliphatic carbocycles. The summed E-state index contributed by atoms with van der Waals surface area (Å²) in [5.74, 6) is 1.48. The SMILES string of the molecule is Cc1cc2c(c3c(C)csc13)[C@H](CCl)CN2C(=O)CCCCCC(=O)N1C[C@@H](CCl)c2c1cc(NC(C)(C)C)c1ccccc21. The highest BCUT2D eigenvalue weighted by molar-refractivity contribution is 7.17. The summed E-state index contributed by atoms with van der Waals surface area (Å²) in [5, 5.41) is 9.45. The van der Waals surface area contributed by atoms with Crippen LogP contribution in [0.2, 0.25) is 0 Å². The molecule has 0 spiro atoms. The first-order valence-electron chi connectivity index (χ1n) is 16.1. The first-order chi connectivity index (χ1) is 21.5. The average molecular weight is 665 g/mol. The molecule has 0 bridgehead atoms. The largest absolute Gasteiger partial charge is 0.380 e. The van der Waals surface area contributed by atoms with E-state index in [1.165, 1.54) is 32.3 Å². The molecule has 238 valence electrons. The third-order valence-electron chi connectivity index (χ3n) is 9.27. The fourth-order valence-electron chi connectivity index (χ4n) is 7.27. The van der Waals surface area contributed by atoms with Gasteiger partial charge in [-0.2, -0.15) is 0 Å². The standard InChI is InChI=1S/C37H43Cl2N3O2S/c1-22-15-29-35(33-23(2)21-45-36(22)33)25(18-39)20-41(29)31(43)13-7-6-8-14-32(44)42-19-24(17-38)34-27-12-10-9-11-26(27)28(16-30(34)42)40-37(3,4)5/h9-12,15-16,21,24-25,40H,6-8,13-14,17-20H2,1-5H3/t24-,25-/m1/s1. The molecule has 2 aliphatic heterocycles. The predicted molar refractivity (Wildman–Crippen MR) is 193 cm³/mol. The molecule has 8 heteroatoms. The maximum Gasteiger partial charge on any atom is 0.227 e. The summed E-state index contributed by atoms with van der Waals surface area (Å²) < 4.78 is 1.30. The van der Waals surface area contributed by atoms with E-state index >= 15 is 0 Å². The Kier molecular flexibility index (Phi) is 9.13. The van der Waals surface area contributed by atoms with Crippen LogP contribution in [0, 0.1) is 13.8 Å². The average Bonchev–Trinajstić information content (AvgIpc) is 3.69. The van der Waals surface area contributed by atoms with Crippen LogP contribution < -0.4 is 15.1 Å². The van der Waals surface area contributed by atoms with E-state index in [0.29, 0.717) is 37.7 Å². The smallest absolute Gasteiger partial charge is 0.227 e. The van der Waals surface area contributed by atoms with E-state index in [4.69, 9.17) is 23.2 Å². The van der Waals surface area contributed by atoms with Gasteiger partial charge in [0.2, 0.25) is 11.8 Å². The molecule has 3 heterocycles. The third-order valence-corrected chi connectivity index (χ3v) is 11.2. The number of rotatable bonds is 9. The second-order valence-electron chi connectivity index (χ2n) is 13.8. The van der Waals surface area contributed by atoms with Gasteiger partial charge >= 0.3 is 0 Å². The number of anilines is 3. The van der Waals surface area contributed by atoms with E-state index < -0.39 is 0 Å². The molecule has 6 rings (SSSR count). The number of unbranched alkanes of at least 4 members (excludes halogenated alkanes) is 2. The number of hydrogen-bond donors (Lipinski definition) is 1. The third kappa shape index (κ3) is 6.06. The number of nitrogens with one attached hydrogen (secondary N) is 1. The van der Waals surface area contributed by atoms with Gasteiger partial charge in [-0.15, -0.1) is 34.5 Å². The number of fused-ring (bicyclic) bond motifs is 6. The quantitative estimate of drug-likeness (QED) is 0.143. The van der Waals surface area contributed by atoms with Gasteiger partial charge in [0.25, 0.3) is 0 Å². The molecule has 0 fully saturated rings. The van der Waals surface area contributed by atoms with Crippen molar-refractivity contribution in [2.75, 3.05) is 40.0 Å². The summed E-state index contributed by atoms with van der Waals surface area (Å²) in [6.07, 6.45) is 3.25. The molecule has 1 aromatic heterocycles. The molecule has 3 aromatic carbocycles. The highest BCUT2D eigenvalue weighted by Gasteiger charge is 2.36. The molecule has 0 saturated carbocycles. The van der Waals surface area contributed by atoms with E-state index in [0.717, 1.165) is 47.1 Å². The van der Waals surface area contributed by atoms with Gasteiger partial charge in [-0.1, -0.05) is 30.7 Å². The second kappa shape index (κ2) is 12.8. The van der Waals surface area contributed by atoms with Gasteiger partial charge in [-0.25, -0.2) is 0 Å². The zero-order chi connectivity index (χ0) is 32.0. The van der Waals surface area contributed by atoms with Crippen LogP contribution in [0.1, 0.15) is 87.0 Å². The molecule has 5 nitrogen and oxygen atoms in total. The van der Waals surface area contributed by atoms with Crippen molar-refractivity contribution >= 4 is 84.3 Å². The second-order valence-corrected chi connectivity index (χ2v) is 15.3. The van der Waals surface area contributed by atoms with Gasteiger partial charge in [0.1, 0.15) is 0 Å². The van der Waals surface area contributed by atoms with Crippen molar-refractivity contribution in [3.8, 4) is 0 Å². The van der Waals surface area contributed by atoms with Gasteiger partial charge in [-0.05, 0) is 92.6 Å². The number of aryl methyl sites for hydroxylation is 2. The summed E-state index contributed by atoms with van der Waals surface area (Å²) in [7, 11) is 0. The number of carbonyl (C=O) groups excluding carboxylic acids is 2. The first kappa shape index (κ1) is 32.2. The predicted octanol–water partition coefficient (Wildman–Crippen LogP) is 9.87. The van der Waals surface area contributed by atoms with Crippen molar-refractivity contribution in [3.63, 3.8) is 0 Å². The number of carbonyl (C=O) groups is 2. The van der Waals surface area contributed by atoms with Crippen LogP contribution in [0.5, 0.6) is 0 Å². The molecule has 45 heavy (non-hydrogen) atoms. The maximum atomic E-state index is 13.6. The minimum atomic E-state index is -0.121. The van der Waals surface area contributed by atoms with E-state index in [1.807, 2.05) is 9.80 Å². The first-order valence-corrected chi connectivity index (χ1v) is 18.0. The summed E-state index contributed by atoms with van der Waals surface area (Å²) in [5.41, 5.74) is 7.79. The van der Waals surface area contributed by atoms with Gasteiger partial charge in [0.15, 0.2) is 0 Å². The highest BCUT2D eigenvalue weighted by atomic mass is 35.5. The Labute approximate surface area is 280 Å². The number of thiophene rings is 1. The Hall–Kier alpha value is -2.80. The van der Waals surface area contributed by atoms with E-state index in [-0.39, 0.29) is 29.2 Å². The number of alkyl halides is 2. The van der Waals surface area contributed by atoms with Crippen molar-refractivity contribution in [2.45, 2.75) is 84.1 Å². The molecule has 2 atom stereocenters. The van der Waals surface area contributed by atoms with E-state index in [2.05, 4.69) is 81.7 Å². The minimum absolute atomic E-state index is 0.0970. The maximum absolute atomic E-state index is 13.6. The van der Waals surface area contributed by atoms with Crippen molar-refractivity contribution < 1.29 is 9.59 Å². The Balaban J connectivity index is 1.11. The molecule has 0 radical (unpaired) electrons. The minimum Gasteiger partial charge on any atom is -0.380 e. The van der Waals surface area contributed by atoms with Crippen LogP contribution in [-0.4, -0.2) is 42.2 Å². The van der Waals surface area contributed by atoms with Crippen LogP contribution in [0.25, 0.3) is 20.9 Å². The fourth-order valence-corrected chi connectivity index (χ4v) is 8.82. The van der Waals surface area contributed by atoms with Gasteiger partial charge in [0.05, 0.1) is 0 Å². The molecule has 0 unspecified atom stereocenters. The number of hydrogen-bond acceptors (Lipinski definition) is 4. The van der Waals surface area contributed by atoms with Gasteiger partial charge < -0.3 is 15.1 Å².